The van der Waals surface area contributed by atoms with Crippen LogP contribution in [0.15, 0.2) is 23.0 Å². The van der Waals surface area contributed by atoms with Crippen molar-refractivity contribution < 1.29 is 14.7 Å². The predicted molar refractivity (Wildman–Crippen MR) is 83.9 cm³/mol. The van der Waals surface area contributed by atoms with Crippen LogP contribution in [-0.4, -0.2) is 28.1 Å². The summed E-state index contributed by atoms with van der Waals surface area (Å²) in [6.45, 7) is 5.69. The van der Waals surface area contributed by atoms with Gasteiger partial charge in [-0.05, 0) is 39.7 Å². The highest BCUT2D eigenvalue weighted by atomic mass is 16.4. The molecule has 0 unspecified atom stereocenters. The molecule has 0 fully saturated rings. The van der Waals surface area contributed by atoms with Crippen LogP contribution >= 0.6 is 0 Å². The van der Waals surface area contributed by atoms with Gasteiger partial charge in [0.2, 0.25) is 5.91 Å². The molecule has 122 valence electrons. The van der Waals surface area contributed by atoms with E-state index in [9.17, 15) is 14.4 Å². The van der Waals surface area contributed by atoms with E-state index in [-0.39, 0.29) is 17.9 Å². The van der Waals surface area contributed by atoms with Crippen molar-refractivity contribution in [2.75, 3.05) is 6.54 Å². The Hall–Kier alpha value is -2.11. The number of nitrogens with one attached hydrogen (secondary N) is 1. The van der Waals surface area contributed by atoms with Gasteiger partial charge in [0.1, 0.15) is 5.54 Å². The Labute approximate surface area is 130 Å². The van der Waals surface area contributed by atoms with Gasteiger partial charge in [0.25, 0.3) is 5.56 Å². The molecule has 1 aromatic heterocycles. The van der Waals surface area contributed by atoms with Crippen LogP contribution in [0.25, 0.3) is 0 Å². The Balaban J connectivity index is 2.57. The monoisotopic (exact) mass is 308 g/mol. The molecule has 0 aromatic carbocycles. The van der Waals surface area contributed by atoms with E-state index >= 15 is 0 Å². The molecule has 6 nitrogen and oxygen atoms in total. The average molecular weight is 308 g/mol. The summed E-state index contributed by atoms with van der Waals surface area (Å²) >= 11 is 0. The molecule has 1 amide bonds. The molecule has 1 aromatic rings. The highest BCUT2D eigenvalue weighted by molar-refractivity contribution is 5.83. The lowest BCUT2D eigenvalue weighted by Crippen LogP contribution is -2.49. The predicted octanol–water partition coefficient (Wildman–Crippen LogP) is 1.65. The van der Waals surface area contributed by atoms with Gasteiger partial charge in [0.15, 0.2) is 0 Å². The number of hydrogen-bond donors (Lipinski definition) is 2. The van der Waals surface area contributed by atoms with Gasteiger partial charge in [-0.3, -0.25) is 19.0 Å². The zero-order chi connectivity index (χ0) is 16.8. The second-order valence-electron chi connectivity index (χ2n) is 5.86. The van der Waals surface area contributed by atoms with Crippen LogP contribution in [0.2, 0.25) is 0 Å². The number of aliphatic carboxylic acids is 1. The Morgan fingerprint density at radius 2 is 1.91 bits per heavy atom. The number of carboxylic acid groups (broad SMARTS) is 1. The number of aromatic nitrogens is 1. The van der Waals surface area contributed by atoms with E-state index < -0.39 is 11.5 Å². The Morgan fingerprint density at radius 3 is 2.50 bits per heavy atom. The van der Waals surface area contributed by atoms with Crippen LogP contribution in [0.5, 0.6) is 0 Å². The molecule has 0 aliphatic carbocycles. The third-order valence-corrected chi connectivity index (χ3v) is 3.62. The number of amides is 1. The van der Waals surface area contributed by atoms with Gasteiger partial charge in [-0.15, -0.1) is 0 Å². The van der Waals surface area contributed by atoms with Crippen molar-refractivity contribution in [3.63, 3.8) is 0 Å². The van der Waals surface area contributed by atoms with E-state index in [4.69, 9.17) is 5.11 Å². The quantitative estimate of drug-likeness (QED) is 0.715. The second-order valence-corrected chi connectivity index (χ2v) is 5.86. The lowest BCUT2D eigenvalue weighted by Gasteiger charge is -2.28. The first-order chi connectivity index (χ1) is 10.3. The summed E-state index contributed by atoms with van der Waals surface area (Å²) in [5.41, 5.74) is -0.445. The Kier molecular flexibility index (Phi) is 6.34. The van der Waals surface area contributed by atoms with Crippen LogP contribution in [0.1, 0.15) is 45.2 Å². The minimum atomic E-state index is -0.969. The van der Waals surface area contributed by atoms with Gasteiger partial charge in [0.05, 0.1) is 0 Å². The fourth-order valence-electron chi connectivity index (χ4n) is 2.41. The Morgan fingerprint density at radius 1 is 1.23 bits per heavy atom. The van der Waals surface area contributed by atoms with Crippen molar-refractivity contribution in [1.29, 1.82) is 0 Å². The molecule has 6 heteroatoms. The molecule has 0 spiro atoms. The highest BCUT2D eigenvalue weighted by Gasteiger charge is 2.31. The smallest absolute Gasteiger partial charge is 0.303 e. The molecule has 0 aliphatic heterocycles. The zero-order valence-electron chi connectivity index (χ0n) is 13.4. The molecular weight excluding hydrogens is 284 g/mol. The standard InChI is InChI=1S/C16H24N2O4/c1-12-8-7-9-13(19)18(12)16(2,3)15(22)17-11-6-4-5-10-14(20)21/h7-9H,4-6,10-11H2,1-3H3,(H,17,22)(H,20,21). The van der Waals surface area contributed by atoms with E-state index in [2.05, 4.69) is 5.32 Å². The molecule has 1 heterocycles. The summed E-state index contributed by atoms with van der Waals surface area (Å²) in [6, 6.07) is 4.90. The van der Waals surface area contributed by atoms with Crippen LogP contribution in [0.3, 0.4) is 0 Å². The number of rotatable bonds is 8. The second kappa shape index (κ2) is 7.77. The first kappa shape index (κ1) is 17.9. The molecule has 2 N–H and O–H groups in total. The lowest BCUT2D eigenvalue weighted by molar-refractivity contribution is -0.137. The number of aryl methyl sites for hydroxylation is 1. The summed E-state index contributed by atoms with van der Waals surface area (Å²) in [6.07, 6.45) is 2.22. The fraction of sp³-hybridized carbons (Fsp3) is 0.562. The van der Waals surface area contributed by atoms with Gasteiger partial charge in [-0.1, -0.05) is 12.5 Å². The van der Waals surface area contributed by atoms with Crippen LogP contribution in [-0.2, 0) is 15.1 Å². The summed E-state index contributed by atoms with van der Waals surface area (Å²) in [5, 5.41) is 11.4. The number of nitrogens with zero attached hydrogens (tertiary/aromatic N) is 1. The largest absolute Gasteiger partial charge is 0.481 e. The fourth-order valence-corrected chi connectivity index (χ4v) is 2.41. The molecule has 22 heavy (non-hydrogen) atoms. The van der Waals surface area contributed by atoms with Gasteiger partial charge in [-0.25, -0.2) is 0 Å². The molecular formula is C16H24N2O4. The van der Waals surface area contributed by atoms with Crippen LogP contribution < -0.4 is 10.9 Å². The van der Waals surface area contributed by atoms with Crippen molar-refractivity contribution >= 4 is 11.9 Å². The van der Waals surface area contributed by atoms with Crippen LogP contribution in [0, 0.1) is 6.92 Å². The molecule has 0 atom stereocenters. The number of pyridine rings is 1. The van der Waals surface area contributed by atoms with E-state index in [0.29, 0.717) is 13.0 Å². The minimum absolute atomic E-state index is 0.151. The number of hydrogen-bond acceptors (Lipinski definition) is 3. The SMILES string of the molecule is Cc1cccc(=O)n1C(C)(C)C(=O)NCCCCCC(=O)O. The molecule has 0 radical (unpaired) electrons. The van der Waals surface area contributed by atoms with E-state index in [1.54, 1.807) is 32.9 Å². The topological polar surface area (TPSA) is 88.4 Å². The number of carboxylic acids is 1. The molecule has 0 saturated carbocycles. The first-order valence-electron chi connectivity index (χ1n) is 7.46. The van der Waals surface area contributed by atoms with E-state index in [1.165, 1.54) is 10.6 Å². The number of carbonyl (C=O) groups is 2. The van der Waals surface area contributed by atoms with Crippen molar-refractivity contribution in [1.82, 2.24) is 9.88 Å². The van der Waals surface area contributed by atoms with Crippen molar-refractivity contribution in [3.8, 4) is 0 Å². The van der Waals surface area contributed by atoms with Crippen molar-refractivity contribution in [2.45, 2.75) is 52.0 Å². The summed E-state index contributed by atoms with van der Waals surface area (Å²) in [5.74, 6) is -1.02. The van der Waals surface area contributed by atoms with Crippen molar-refractivity contribution in [3.05, 3.63) is 34.2 Å². The van der Waals surface area contributed by atoms with E-state index in [1.807, 2.05) is 0 Å². The van der Waals surface area contributed by atoms with Gasteiger partial charge < -0.3 is 10.4 Å². The van der Waals surface area contributed by atoms with Gasteiger partial charge in [-0.2, -0.15) is 0 Å². The maximum absolute atomic E-state index is 12.3. The van der Waals surface area contributed by atoms with Crippen molar-refractivity contribution in [2.24, 2.45) is 0 Å². The summed E-state index contributed by atoms with van der Waals surface area (Å²) < 4.78 is 1.48. The highest BCUT2D eigenvalue weighted by Crippen LogP contribution is 2.15. The van der Waals surface area contributed by atoms with Gasteiger partial charge >= 0.3 is 5.97 Å². The summed E-state index contributed by atoms with van der Waals surface area (Å²) in [4.78, 5) is 34.7. The normalized spacial score (nSPS) is 11.2. The molecule has 0 bridgehead atoms. The average Bonchev–Trinajstić information content (AvgIpc) is 2.41. The maximum atomic E-state index is 12.3. The first-order valence-corrected chi connectivity index (χ1v) is 7.46. The summed E-state index contributed by atoms with van der Waals surface area (Å²) in [7, 11) is 0. The third kappa shape index (κ3) is 4.72. The zero-order valence-corrected chi connectivity index (χ0v) is 13.4. The Bertz CT molecular complexity index is 590. The molecule has 0 aliphatic rings. The lowest BCUT2D eigenvalue weighted by atomic mass is 10.0. The number of unbranched alkanes of at least 4 members (excludes halogenated alkanes) is 2. The van der Waals surface area contributed by atoms with Crippen LogP contribution in [0.4, 0.5) is 0 Å². The molecule has 1 rings (SSSR count). The van der Waals surface area contributed by atoms with Gasteiger partial charge in [0, 0.05) is 24.7 Å². The molecule has 0 saturated heterocycles. The number of carbonyl (C=O) groups excluding carboxylic acids is 1. The maximum Gasteiger partial charge on any atom is 0.303 e. The van der Waals surface area contributed by atoms with E-state index in [0.717, 1.165) is 18.5 Å². The third-order valence-electron chi connectivity index (χ3n) is 3.62. The minimum Gasteiger partial charge on any atom is -0.481 e.